The molecule has 0 amide bonds. The first-order chi connectivity index (χ1) is 6.65. The van der Waals surface area contributed by atoms with Crippen molar-refractivity contribution in [3.05, 3.63) is 29.8 Å². The lowest BCUT2D eigenvalue weighted by Crippen LogP contribution is -2.36. The maximum Gasteiger partial charge on any atom is 0.122 e. The number of rotatable bonds is 4. The van der Waals surface area contributed by atoms with Gasteiger partial charge in [-0.1, -0.05) is 25.1 Å². The number of ether oxygens (including phenoxy) is 1. The van der Waals surface area contributed by atoms with E-state index in [1.54, 1.807) is 0 Å². The maximum absolute atomic E-state index is 5.89. The SMILES string of the molecule is CCC(N)C(C)Oc1ccccc1C. The van der Waals surface area contributed by atoms with E-state index in [-0.39, 0.29) is 12.1 Å². The third-order valence-electron chi connectivity index (χ3n) is 2.48. The van der Waals surface area contributed by atoms with Crippen molar-refractivity contribution in [3.63, 3.8) is 0 Å². The summed E-state index contributed by atoms with van der Waals surface area (Å²) in [5.74, 6) is 0.934. The minimum Gasteiger partial charge on any atom is -0.489 e. The van der Waals surface area contributed by atoms with E-state index in [1.807, 2.05) is 38.1 Å². The average molecular weight is 193 g/mol. The largest absolute Gasteiger partial charge is 0.489 e. The van der Waals surface area contributed by atoms with Crippen LogP contribution in [0.25, 0.3) is 0 Å². The Morgan fingerprint density at radius 3 is 2.57 bits per heavy atom. The van der Waals surface area contributed by atoms with Crippen LogP contribution in [0.2, 0.25) is 0 Å². The Bertz CT molecular complexity index is 285. The zero-order valence-electron chi connectivity index (χ0n) is 9.16. The molecule has 1 rings (SSSR count). The molecule has 78 valence electrons. The molecule has 14 heavy (non-hydrogen) atoms. The fraction of sp³-hybridized carbons (Fsp3) is 0.500. The van der Waals surface area contributed by atoms with Gasteiger partial charge < -0.3 is 10.5 Å². The standard InChI is InChI=1S/C12H19NO/c1-4-11(13)10(3)14-12-8-6-5-7-9(12)2/h5-8,10-11H,4,13H2,1-3H3. The van der Waals surface area contributed by atoms with Crippen molar-refractivity contribution in [2.45, 2.75) is 39.3 Å². The van der Waals surface area contributed by atoms with Crippen molar-refractivity contribution in [2.24, 2.45) is 5.73 Å². The summed E-state index contributed by atoms with van der Waals surface area (Å²) in [7, 11) is 0. The van der Waals surface area contributed by atoms with E-state index in [9.17, 15) is 0 Å². The molecular weight excluding hydrogens is 174 g/mol. The Morgan fingerprint density at radius 1 is 1.36 bits per heavy atom. The van der Waals surface area contributed by atoms with Crippen LogP contribution in [0, 0.1) is 6.92 Å². The van der Waals surface area contributed by atoms with E-state index in [1.165, 1.54) is 0 Å². The predicted octanol–water partition coefficient (Wildman–Crippen LogP) is 2.50. The Kier molecular flexibility index (Phi) is 3.96. The number of hydrogen-bond acceptors (Lipinski definition) is 2. The molecule has 2 nitrogen and oxygen atoms in total. The third kappa shape index (κ3) is 2.74. The summed E-state index contributed by atoms with van der Waals surface area (Å²) in [5, 5.41) is 0. The molecular formula is C12H19NO. The van der Waals surface area contributed by atoms with Gasteiger partial charge >= 0.3 is 0 Å². The summed E-state index contributed by atoms with van der Waals surface area (Å²) in [6.07, 6.45) is 1.01. The topological polar surface area (TPSA) is 35.2 Å². The van der Waals surface area contributed by atoms with Gasteiger partial charge in [0.05, 0.1) is 0 Å². The van der Waals surface area contributed by atoms with Crippen LogP contribution < -0.4 is 10.5 Å². The molecule has 0 aliphatic rings. The van der Waals surface area contributed by atoms with Crippen molar-refractivity contribution in [3.8, 4) is 5.75 Å². The Labute approximate surface area is 86.1 Å². The zero-order valence-corrected chi connectivity index (χ0v) is 9.16. The van der Waals surface area contributed by atoms with Crippen LogP contribution in [0.1, 0.15) is 25.8 Å². The lowest BCUT2D eigenvalue weighted by molar-refractivity contribution is 0.186. The minimum absolute atomic E-state index is 0.0705. The van der Waals surface area contributed by atoms with Gasteiger partial charge in [-0.05, 0) is 31.9 Å². The second kappa shape index (κ2) is 5.01. The Hall–Kier alpha value is -1.02. The monoisotopic (exact) mass is 193 g/mol. The van der Waals surface area contributed by atoms with Crippen molar-refractivity contribution < 1.29 is 4.74 Å². The van der Waals surface area contributed by atoms with Gasteiger partial charge in [-0.2, -0.15) is 0 Å². The van der Waals surface area contributed by atoms with Gasteiger partial charge in [-0.25, -0.2) is 0 Å². The second-order valence-corrected chi connectivity index (χ2v) is 3.66. The van der Waals surface area contributed by atoms with Crippen molar-refractivity contribution in [2.75, 3.05) is 0 Å². The molecule has 0 aliphatic heterocycles. The molecule has 0 bridgehead atoms. The summed E-state index contributed by atoms with van der Waals surface area (Å²) >= 11 is 0. The van der Waals surface area contributed by atoms with Crippen molar-refractivity contribution in [1.82, 2.24) is 0 Å². The van der Waals surface area contributed by atoms with Crippen LogP contribution in [-0.4, -0.2) is 12.1 Å². The average Bonchev–Trinajstić information content (AvgIpc) is 2.20. The second-order valence-electron chi connectivity index (χ2n) is 3.66. The van der Waals surface area contributed by atoms with Crippen LogP contribution in [0.5, 0.6) is 5.75 Å². The smallest absolute Gasteiger partial charge is 0.122 e. The molecule has 2 atom stereocenters. The molecule has 0 heterocycles. The summed E-state index contributed by atoms with van der Waals surface area (Å²) in [4.78, 5) is 0. The highest BCUT2D eigenvalue weighted by molar-refractivity contribution is 5.31. The van der Waals surface area contributed by atoms with Gasteiger partial charge in [0.25, 0.3) is 0 Å². The van der Waals surface area contributed by atoms with E-state index in [2.05, 4.69) is 6.92 Å². The molecule has 0 aromatic heterocycles. The van der Waals surface area contributed by atoms with Crippen LogP contribution in [0.4, 0.5) is 0 Å². The first-order valence-corrected chi connectivity index (χ1v) is 5.13. The van der Waals surface area contributed by atoms with Gasteiger partial charge in [-0.15, -0.1) is 0 Å². The minimum atomic E-state index is 0.0705. The highest BCUT2D eigenvalue weighted by atomic mass is 16.5. The van der Waals surface area contributed by atoms with E-state index in [4.69, 9.17) is 10.5 Å². The van der Waals surface area contributed by atoms with Crippen LogP contribution in [0.15, 0.2) is 24.3 Å². The predicted molar refractivity (Wildman–Crippen MR) is 59.5 cm³/mol. The molecule has 0 spiro atoms. The van der Waals surface area contributed by atoms with Gasteiger partial charge in [0.2, 0.25) is 0 Å². The fourth-order valence-electron chi connectivity index (χ4n) is 1.31. The highest BCUT2D eigenvalue weighted by Crippen LogP contribution is 2.18. The molecule has 0 fully saturated rings. The molecule has 1 aromatic carbocycles. The lowest BCUT2D eigenvalue weighted by Gasteiger charge is -2.21. The van der Waals surface area contributed by atoms with Crippen LogP contribution in [-0.2, 0) is 0 Å². The lowest BCUT2D eigenvalue weighted by atomic mass is 10.1. The quantitative estimate of drug-likeness (QED) is 0.797. The first-order valence-electron chi connectivity index (χ1n) is 5.13. The number of hydrogen-bond donors (Lipinski definition) is 1. The molecule has 0 aliphatic carbocycles. The number of para-hydroxylation sites is 1. The molecule has 1 aromatic rings. The maximum atomic E-state index is 5.89. The molecule has 2 unspecified atom stereocenters. The molecule has 0 saturated heterocycles. The third-order valence-corrected chi connectivity index (χ3v) is 2.48. The summed E-state index contributed by atoms with van der Waals surface area (Å²) < 4.78 is 5.77. The fourth-order valence-corrected chi connectivity index (χ4v) is 1.31. The number of benzene rings is 1. The van der Waals surface area contributed by atoms with Gasteiger partial charge in [-0.3, -0.25) is 0 Å². The zero-order chi connectivity index (χ0) is 10.6. The Morgan fingerprint density at radius 2 is 2.00 bits per heavy atom. The van der Waals surface area contributed by atoms with E-state index in [0.29, 0.717) is 0 Å². The Balaban J connectivity index is 2.64. The van der Waals surface area contributed by atoms with Crippen molar-refractivity contribution in [1.29, 1.82) is 0 Å². The van der Waals surface area contributed by atoms with Gasteiger partial charge in [0.15, 0.2) is 0 Å². The molecule has 2 N–H and O–H groups in total. The van der Waals surface area contributed by atoms with E-state index >= 15 is 0 Å². The first kappa shape index (κ1) is 11.1. The van der Waals surface area contributed by atoms with E-state index in [0.717, 1.165) is 17.7 Å². The van der Waals surface area contributed by atoms with E-state index < -0.39 is 0 Å². The normalized spacial score (nSPS) is 14.9. The van der Waals surface area contributed by atoms with Gasteiger partial charge in [0, 0.05) is 6.04 Å². The molecule has 2 heteroatoms. The van der Waals surface area contributed by atoms with Crippen molar-refractivity contribution >= 4 is 0 Å². The summed E-state index contributed by atoms with van der Waals surface area (Å²) in [6.45, 7) is 6.13. The van der Waals surface area contributed by atoms with Crippen LogP contribution >= 0.6 is 0 Å². The highest BCUT2D eigenvalue weighted by Gasteiger charge is 2.12. The number of nitrogens with two attached hydrogens (primary N) is 1. The van der Waals surface area contributed by atoms with Crippen LogP contribution in [0.3, 0.4) is 0 Å². The summed E-state index contributed by atoms with van der Waals surface area (Å²) in [5.41, 5.74) is 7.04. The van der Waals surface area contributed by atoms with Gasteiger partial charge in [0.1, 0.15) is 11.9 Å². The molecule has 0 radical (unpaired) electrons. The summed E-state index contributed by atoms with van der Waals surface area (Å²) in [6, 6.07) is 8.11. The number of aryl methyl sites for hydroxylation is 1. The molecule has 0 saturated carbocycles.